The molecule has 4 nitrogen and oxygen atoms in total. The molecule has 1 saturated carbocycles. The van der Waals surface area contributed by atoms with Crippen LogP contribution in [0.2, 0.25) is 0 Å². The minimum Gasteiger partial charge on any atom is -0.339 e. The third-order valence-electron chi connectivity index (χ3n) is 4.23. The van der Waals surface area contributed by atoms with Crippen molar-refractivity contribution in [1.29, 1.82) is 0 Å². The Hall–Kier alpha value is -1.68. The monoisotopic (exact) mass is 285 g/mol. The zero-order valence-corrected chi connectivity index (χ0v) is 12.8. The number of aromatic nitrogens is 2. The van der Waals surface area contributed by atoms with Crippen molar-refractivity contribution in [3.63, 3.8) is 0 Å². The summed E-state index contributed by atoms with van der Waals surface area (Å²) in [7, 11) is 0. The molecule has 0 saturated heterocycles. The first kappa shape index (κ1) is 14.3. The van der Waals surface area contributed by atoms with E-state index in [1.54, 1.807) is 0 Å². The third-order valence-corrected chi connectivity index (χ3v) is 4.23. The van der Waals surface area contributed by atoms with Gasteiger partial charge in [0, 0.05) is 17.9 Å². The molecule has 1 heterocycles. The molecule has 1 aromatic heterocycles. The topological polar surface area (TPSA) is 51.0 Å². The molecule has 0 bridgehead atoms. The largest absolute Gasteiger partial charge is 0.339 e. The average molecular weight is 285 g/mol. The number of hydrogen-bond acceptors (Lipinski definition) is 4. The molecule has 3 rings (SSSR count). The second-order valence-electron chi connectivity index (χ2n) is 6.19. The summed E-state index contributed by atoms with van der Waals surface area (Å²) in [5, 5.41) is 7.73. The summed E-state index contributed by atoms with van der Waals surface area (Å²) in [6.45, 7) is 5.36. The lowest BCUT2D eigenvalue weighted by atomic mass is 10.0. The Labute approximate surface area is 126 Å². The molecule has 2 aromatic rings. The number of rotatable bonds is 7. The summed E-state index contributed by atoms with van der Waals surface area (Å²) in [6.07, 6.45) is 4.19. The Morgan fingerprint density at radius 2 is 2.05 bits per heavy atom. The molecule has 1 aromatic carbocycles. The van der Waals surface area contributed by atoms with Crippen molar-refractivity contribution in [1.82, 2.24) is 15.5 Å². The maximum atomic E-state index is 5.46. The second kappa shape index (κ2) is 5.98. The van der Waals surface area contributed by atoms with Crippen LogP contribution in [0, 0.1) is 0 Å². The van der Waals surface area contributed by atoms with Crippen molar-refractivity contribution in [3.05, 3.63) is 47.6 Å². The Morgan fingerprint density at radius 3 is 2.71 bits per heavy atom. The van der Waals surface area contributed by atoms with Crippen molar-refractivity contribution in [2.24, 2.45) is 0 Å². The van der Waals surface area contributed by atoms with E-state index in [0.717, 1.165) is 31.1 Å². The fraction of sp³-hybridized carbons (Fsp3) is 0.529. The fourth-order valence-electron chi connectivity index (χ4n) is 2.48. The molecule has 1 fully saturated rings. The predicted octanol–water partition coefficient (Wildman–Crippen LogP) is 3.40. The van der Waals surface area contributed by atoms with E-state index in [-0.39, 0.29) is 11.5 Å². The van der Waals surface area contributed by atoms with Crippen LogP contribution in [0.25, 0.3) is 0 Å². The zero-order chi connectivity index (χ0) is 14.7. The molecule has 1 unspecified atom stereocenters. The van der Waals surface area contributed by atoms with Gasteiger partial charge in [-0.2, -0.15) is 4.98 Å². The quantitative estimate of drug-likeness (QED) is 0.847. The number of benzene rings is 1. The molecular formula is C17H23N3O. The highest BCUT2D eigenvalue weighted by Crippen LogP contribution is 2.46. The third kappa shape index (κ3) is 3.32. The molecule has 112 valence electrons. The van der Waals surface area contributed by atoms with Crippen molar-refractivity contribution in [2.75, 3.05) is 6.54 Å². The lowest BCUT2D eigenvalue weighted by molar-refractivity contribution is 0.352. The normalized spacial score (nSPS) is 17.6. The van der Waals surface area contributed by atoms with Crippen LogP contribution < -0.4 is 5.32 Å². The predicted molar refractivity (Wildman–Crippen MR) is 82.1 cm³/mol. The Kier molecular flexibility index (Phi) is 4.06. The fourth-order valence-corrected chi connectivity index (χ4v) is 2.48. The smallest absolute Gasteiger partial charge is 0.228 e. The highest BCUT2D eigenvalue weighted by molar-refractivity contribution is 5.20. The van der Waals surface area contributed by atoms with Crippen molar-refractivity contribution < 1.29 is 4.52 Å². The molecule has 4 heteroatoms. The van der Waals surface area contributed by atoms with Crippen LogP contribution in [-0.4, -0.2) is 16.7 Å². The van der Waals surface area contributed by atoms with Crippen LogP contribution >= 0.6 is 0 Å². The van der Waals surface area contributed by atoms with Gasteiger partial charge in [0.15, 0.2) is 5.82 Å². The maximum Gasteiger partial charge on any atom is 0.228 e. The lowest BCUT2D eigenvalue weighted by Crippen LogP contribution is -2.24. The highest BCUT2D eigenvalue weighted by Gasteiger charge is 2.43. The van der Waals surface area contributed by atoms with Gasteiger partial charge < -0.3 is 9.84 Å². The van der Waals surface area contributed by atoms with E-state index in [4.69, 9.17) is 4.52 Å². The van der Waals surface area contributed by atoms with Gasteiger partial charge in [-0.05, 0) is 31.4 Å². The summed E-state index contributed by atoms with van der Waals surface area (Å²) >= 11 is 0. The van der Waals surface area contributed by atoms with Gasteiger partial charge in [0.05, 0.1) is 0 Å². The molecule has 0 amide bonds. The van der Waals surface area contributed by atoms with Gasteiger partial charge in [0.1, 0.15) is 0 Å². The average Bonchev–Trinajstić information content (AvgIpc) is 3.09. The summed E-state index contributed by atoms with van der Waals surface area (Å²) in [5.74, 6) is 1.61. The van der Waals surface area contributed by atoms with Gasteiger partial charge >= 0.3 is 0 Å². The minimum absolute atomic E-state index is 0.168. The molecule has 0 radical (unpaired) electrons. The Morgan fingerprint density at radius 1 is 1.29 bits per heavy atom. The maximum absolute atomic E-state index is 5.46. The number of nitrogens with zero attached hydrogens (tertiary/aromatic N) is 2. The Bertz CT molecular complexity index is 575. The first-order chi connectivity index (χ1) is 10.2. The summed E-state index contributed by atoms with van der Waals surface area (Å²) in [6, 6.07) is 10.7. The van der Waals surface area contributed by atoms with Crippen molar-refractivity contribution in [3.8, 4) is 0 Å². The first-order valence-electron chi connectivity index (χ1n) is 7.83. The van der Waals surface area contributed by atoms with Gasteiger partial charge in [0.25, 0.3) is 0 Å². The van der Waals surface area contributed by atoms with E-state index in [9.17, 15) is 0 Å². The van der Waals surface area contributed by atoms with Crippen LogP contribution in [0.3, 0.4) is 0 Å². The molecule has 21 heavy (non-hydrogen) atoms. The molecule has 1 N–H and O–H groups in total. The SMILES string of the molecule is CCCNC(Cc1nc(C2(C)CC2)no1)c1ccccc1. The first-order valence-corrected chi connectivity index (χ1v) is 7.83. The molecule has 1 aliphatic rings. The lowest BCUT2D eigenvalue weighted by Gasteiger charge is -2.17. The van der Waals surface area contributed by atoms with Crippen LogP contribution in [0.1, 0.15) is 56.4 Å². The van der Waals surface area contributed by atoms with E-state index in [1.165, 1.54) is 18.4 Å². The van der Waals surface area contributed by atoms with E-state index < -0.39 is 0 Å². The van der Waals surface area contributed by atoms with Crippen LogP contribution in [0.5, 0.6) is 0 Å². The van der Waals surface area contributed by atoms with E-state index in [2.05, 4.69) is 53.6 Å². The number of nitrogens with one attached hydrogen (secondary N) is 1. The second-order valence-corrected chi connectivity index (χ2v) is 6.19. The van der Waals surface area contributed by atoms with E-state index >= 15 is 0 Å². The standard InChI is InChI=1S/C17H23N3O/c1-3-11-18-14(13-7-5-4-6-8-13)12-15-19-16(20-21-15)17(2)9-10-17/h4-8,14,18H,3,9-12H2,1-2H3. The Balaban J connectivity index is 1.73. The summed E-state index contributed by atoms with van der Waals surface area (Å²) in [4.78, 5) is 4.60. The van der Waals surface area contributed by atoms with Crippen LogP contribution in [-0.2, 0) is 11.8 Å². The minimum atomic E-state index is 0.168. The molecule has 0 aliphatic heterocycles. The van der Waals surface area contributed by atoms with E-state index in [1.807, 2.05) is 6.07 Å². The van der Waals surface area contributed by atoms with Crippen LogP contribution in [0.4, 0.5) is 0 Å². The van der Waals surface area contributed by atoms with Crippen LogP contribution in [0.15, 0.2) is 34.9 Å². The molecule has 0 spiro atoms. The van der Waals surface area contributed by atoms with Gasteiger partial charge in [-0.15, -0.1) is 0 Å². The zero-order valence-electron chi connectivity index (χ0n) is 12.8. The van der Waals surface area contributed by atoms with Gasteiger partial charge in [-0.25, -0.2) is 0 Å². The summed E-state index contributed by atoms with van der Waals surface area (Å²) < 4.78 is 5.46. The molecule has 1 atom stereocenters. The van der Waals surface area contributed by atoms with Gasteiger partial charge in [-0.1, -0.05) is 49.3 Å². The van der Waals surface area contributed by atoms with Crippen molar-refractivity contribution in [2.45, 2.75) is 51.0 Å². The van der Waals surface area contributed by atoms with E-state index in [0.29, 0.717) is 0 Å². The highest BCUT2D eigenvalue weighted by atomic mass is 16.5. The summed E-state index contributed by atoms with van der Waals surface area (Å²) in [5.41, 5.74) is 1.43. The molecule has 1 aliphatic carbocycles. The van der Waals surface area contributed by atoms with Gasteiger partial charge in [0.2, 0.25) is 5.89 Å². The van der Waals surface area contributed by atoms with Crippen molar-refractivity contribution >= 4 is 0 Å². The molecular weight excluding hydrogens is 262 g/mol. The van der Waals surface area contributed by atoms with Gasteiger partial charge in [-0.3, -0.25) is 0 Å². The number of hydrogen-bond donors (Lipinski definition) is 1.